The van der Waals surface area contributed by atoms with Crippen LogP contribution in [0.5, 0.6) is 0 Å². The lowest BCUT2D eigenvalue weighted by Gasteiger charge is -2.27. The van der Waals surface area contributed by atoms with Crippen molar-refractivity contribution in [2.45, 2.75) is 89.8 Å². The zero-order valence-corrected chi connectivity index (χ0v) is 21.6. The lowest BCUT2D eigenvalue weighted by molar-refractivity contribution is 0.113. The second kappa shape index (κ2) is 12.6. The van der Waals surface area contributed by atoms with E-state index in [0.717, 1.165) is 38.2 Å². The van der Waals surface area contributed by atoms with E-state index in [9.17, 15) is 4.39 Å². The molecule has 3 aliphatic rings. The summed E-state index contributed by atoms with van der Waals surface area (Å²) in [6.07, 6.45) is 13.2. The summed E-state index contributed by atoms with van der Waals surface area (Å²) in [7, 11) is 1.54. The van der Waals surface area contributed by atoms with Crippen molar-refractivity contribution in [1.82, 2.24) is 19.9 Å². The molecule has 8 nitrogen and oxygen atoms in total. The first kappa shape index (κ1) is 25.8. The number of methoxy groups -OCH3 is 1. The quantitative estimate of drug-likeness (QED) is 0.452. The minimum Gasteiger partial charge on any atom is -0.374 e. The highest BCUT2D eigenvalue weighted by Gasteiger charge is 2.25. The molecule has 2 atom stereocenters. The highest BCUT2D eigenvalue weighted by Crippen LogP contribution is 2.28. The third-order valence-corrected chi connectivity index (χ3v) is 7.50. The number of hydrogen-bond donors (Lipinski definition) is 2. The van der Waals surface area contributed by atoms with Crippen molar-refractivity contribution in [2.75, 3.05) is 48.8 Å². The second-order valence-corrected chi connectivity index (χ2v) is 9.78. The zero-order valence-electron chi connectivity index (χ0n) is 21.6. The number of nitrogens with one attached hydrogen (secondary N) is 2. The summed E-state index contributed by atoms with van der Waals surface area (Å²) in [5.41, 5.74) is 0.754. The maximum Gasteiger partial charge on any atom is 0.236 e. The van der Waals surface area contributed by atoms with Gasteiger partial charge in [-0.1, -0.05) is 38.7 Å². The topological polar surface area (TPSA) is 78.4 Å². The molecule has 0 radical (unpaired) electrons. The standard InChI is InChI=1S/C26H42FN7O/c1-4-33-16-10-13-21(33)18-28-24-30-25(29-19-11-8-6-7-9-12-19)32-26(31-24)34(5-2)20-14-15-23(35-3)22(27)17-20/h14,17,19,21,23H,4-13,15-16,18H2,1-3H3,(H2,28,29,30,31,32). The third-order valence-electron chi connectivity index (χ3n) is 7.50. The van der Waals surface area contributed by atoms with Gasteiger partial charge in [-0.2, -0.15) is 15.0 Å². The predicted octanol–water partition coefficient (Wildman–Crippen LogP) is 4.88. The number of halogens is 1. The van der Waals surface area contributed by atoms with Gasteiger partial charge in [0.05, 0.1) is 0 Å². The predicted molar refractivity (Wildman–Crippen MR) is 139 cm³/mol. The number of aromatic nitrogens is 3. The molecule has 194 valence electrons. The van der Waals surface area contributed by atoms with Crippen LogP contribution in [0.2, 0.25) is 0 Å². The monoisotopic (exact) mass is 487 g/mol. The van der Waals surface area contributed by atoms with E-state index >= 15 is 0 Å². The normalized spacial score (nSPS) is 24.0. The van der Waals surface area contributed by atoms with Crippen LogP contribution in [-0.4, -0.2) is 71.3 Å². The molecule has 4 rings (SSSR count). The van der Waals surface area contributed by atoms with Crippen LogP contribution in [0.3, 0.4) is 0 Å². The van der Waals surface area contributed by atoms with Crippen LogP contribution in [-0.2, 0) is 4.74 Å². The van der Waals surface area contributed by atoms with E-state index < -0.39 is 6.10 Å². The number of nitrogens with zero attached hydrogens (tertiary/aromatic N) is 5. The van der Waals surface area contributed by atoms with Gasteiger partial charge in [0.15, 0.2) is 0 Å². The second-order valence-electron chi connectivity index (χ2n) is 9.78. The lowest BCUT2D eigenvalue weighted by Crippen LogP contribution is -2.35. The molecule has 35 heavy (non-hydrogen) atoms. The van der Waals surface area contributed by atoms with Gasteiger partial charge < -0.3 is 20.3 Å². The lowest BCUT2D eigenvalue weighted by atomic mass is 10.1. The molecule has 9 heteroatoms. The van der Waals surface area contributed by atoms with Crippen LogP contribution in [0.15, 0.2) is 23.7 Å². The summed E-state index contributed by atoms with van der Waals surface area (Å²) in [4.78, 5) is 18.8. The molecule has 2 N–H and O–H groups in total. The molecule has 1 aliphatic heterocycles. The Morgan fingerprint density at radius 2 is 1.83 bits per heavy atom. The van der Waals surface area contributed by atoms with E-state index in [2.05, 4.69) is 22.5 Å². The molecule has 2 aliphatic carbocycles. The molecule has 0 spiro atoms. The van der Waals surface area contributed by atoms with E-state index in [0.29, 0.717) is 42.9 Å². The molecule has 2 heterocycles. The SMILES string of the molecule is CCN(C1=CCC(OC)C(F)=C1)c1nc(NCC2CCCN2CC)nc(NC2CCCCCC2)n1. The summed E-state index contributed by atoms with van der Waals surface area (Å²) >= 11 is 0. The first-order valence-electron chi connectivity index (χ1n) is 13.5. The van der Waals surface area contributed by atoms with Gasteiger partial charge in [0, 0.05) is 44.4 Å². The highest BCUT2D eigenvalue weighted by atomic mass is 19.1. The summed E-state index contributed by atoms with van der Waals surface area (Å²) in [6, 6.07) is 0.861. The number of ether oxygens (including phenoxy) is 1. The Bertz CT molecular complexity index is 884. The van der Waals surface area contributed by atoms with Crippen molar-refractivity contribution in [1.29, 1.82) is 0 Å². The molecule has 1 saturated heterocycles. The van der Waals surface area contributed by atoms with Crippen LogP contribution in [0.1, 0.15) is 71.6 Å². The molecular weight excluding hydrogens is 445 g/mol. The Kier molecular flexibility index (Phi) is 9.31. The summed E-state index contributed by atoms with van der Waals surface area (Å²) in [6.45, 7) is 7.87. The van der Waals surface area contributed by atoms with E-state index in [1.54, 1.807) is 0 Å². The van der Waals surface area contributed by atoms with Crippen LogP contribution < -0.4 is 15.5 Å². The smallest absolute Gasteiger partial charge is 0.236 e. The number of likely N-dealkylation sites (tertiary alicyclic amines) is 1. The van der Waals surface area contributed by atoms with Crippen LogP contribution >= 0.6 is 0 Å². The van der Waals surface area contributed by atoms with Crippen LogP contribution in [0.4, 0.5) is 22.2 Å². The molecule has 0 bridgehead atoms. The Morgan fingerprint density at radius 3 is 2.51 bits per heavy atom. The van der Waals surface area contributed by atoms with Crippen LogP contribution in [0, 0.1) is 0 Å². The maximum atomic E-state index is 14.6. The van der Waals surface area contributed by atoms with E-state index in [1.807, 2.05) is 17.9 Å². The average molecular weight is 488 g/mol. The molecule has 0 amide bonds. The highest BCUT2D eigenvalue weighted by molar-refractivity contribution is 5.51. The van der Waals surface area contributed by atoms with E-state index in [-0.39, 0.29) is 5.83 Å². The fourth-order valence-electron chi connectivity index (χ4n) is 5.46. The molecule has 2 fully saturated rings. The number of hydrogen-bond acceptors (Lipinski definition) is 8. The Labute approximate surface area is 209 Å². The van der Waals surface area contributed by atoms with Gasteiger partial charge in [0.2, 0.25) is 17.8 Å². The molecule has 2 unspecified atom stereocenters. The van der Waals surface area contributed by atoms with E-state index in [1.165, 1.54) is 51.7 Å². The van der Waals surface area contributed by atoms with Gasteiger partial charge in [0.1, 0.15) is 11.9 Å². The van der Waals surface area contributed by atoms with Crippen molar-refractivity contribution in [3.05, 3.63) is 23.7 Å². The van der Waals surface area contributed by atoms with Crippen molar-refractivity contribution in [3.8, 4) is 0 Å². The van der Waals surface area contributed by atoms with Gasteiger partial charge in [-0.15, -0.1) is 0 Å². The summed E-state index contributed by atoms with van der Waals surface area (Å²) < 4.78 is 19.8. The zero-order chi connectivity index (χ0) is 24.6. The van der Waals surface area contributed by atoms with Crippen molar-refractivity contribution in [2.24, 2.45) is 0 Å². The number of likely N-dealkylation sites (N-methyl/N-ethyl adjacent to an activating group) is 2. The van der Waals surface area contributed by atoms with Crippen molar-refractivity contribution < 1.29 is 9.13 Å². The summed E-state index contributed by atoms with van der Waals surface area (Å²) in [5.74, 6) is 1.43. The van der Waals surface area contributed by atoms with Gasteiger partial charge in [-0.25, -0.2) is 4.39 Å². The summed E-state index contributed by atoms with van der Waals surface area (Å²) in [5, 5.41) is 7.08. The molecule has 1 saturated carbocycles. The third kappa shape index (κ3) is 6.70. The maximum absolute atomic E-state index is 14.6. The molecular formula is C26H42FN7O. The van der Waals surface area contributed by atoms with Gasteiger partial charge in [-0.05, 0) is 51.8 Å². The first-order chi connectivity index (χ1) is 17.1. The van der Waals surface area contributed by atoms with E-state index in [4.69, 9.17) is 19.7 Å². The Morgan fingerprint density at radius 1 is 1.06 bits per heavy atom. The van der Waals surface area contributed by atoms with Gasteiger partial charge in [-0.3, -0.25) is 4.90 Å². The molecule has 1 aromatic heterocycles. The van der Waals surface area contributed by atoms with Crippen molar-refractivity contribution in [3.63, 3.8) is 0 Å². The first-order valence-corrected chi connectivity index (χ1v) is 13.5. The minimum atomic E-state index is -0.520. The van der Waals surface area contributed by atoms with Gasteiger partial charge in [0.25, 0.3) is 0 Å². The van der Waals surface area contributed by atoms with Crippen LogP contribution in [0.25, 0.3) is 0 Å². The molecule has 1 aromatic rings. The number of allylic oxidation sites excluding steroid dienone is 1. The largest absolute Gasteiger partial charge is 0.374 e. The van der Waals surface area contributed by atoms with Crippen molar-refractivity contribution >= 4 is 17.8 Å². The number of rotatable bonds is 10. The van der Waals surface area contributed by atoms with Gasteiger partial charge >= 0.3 is 0 Å². The molecule has 0 aromatic carbocycles. The fraction of sp³-hybridized carbons (Fsp3) is 0.731. The fourth-order valence-corrected chi connectivity index (χ4v) is 5.46. The Balaban J connectivity index is 1.57. The Hall–Kier alpha value is -2.26. The number of anilines is 3. The minimum absolute atomic E-state index is 0.270. The average Bonchev–Trinajstić information content (AvgIpc) is 3.18.